The number of aliphatic hydroxyl groups excluding tert-OH is 1. The number of quaternary nitrogens is 1. The SMILES string of the molecule is Cc1cc(C(O)C[NH2+]CCCn2cnc3c2c(=O)n(C)c(=O)n3C)cc(C)c1O.[Cl-]. The van der Waals surface area contributed by atoms with E-state index in [2.05, 4.69) is 4.98 Å². The van der Waals surface area contributed by atoms with E-state index in [1.807, 2.05) is 19.2 Å². The van der Waals surface area contributed by atoms with Gasteiger partial charge in [-0.3, -0.25) is 13.9 Å². The molecule has 3 aromatic rings. The highest BCUT2D eigenvalue weighted by Gasteiger charge is 2.15. The summed E-state index contributed by atoms with van der Waals surface area (Å²) in [5, 5.41) is 22.3. The lowest BCUT2D eigenvalue weighted by molar-refractivity contribution is -0.662. The van der Waals surface area contributed by atoms with E-state index in [1.54, 1.807) is 30.1 Å². The first kappa shape index (κ1) is 23.7. The molecule has 0 amide bonds. The summed E-state index contributed by atoms with van der Waals surface area (Å²) in [6.07, 6.45) is 1.74. The maximum Gasteiger partial charge on any atom is 0.332 e. The van der Waals surface area contributed by atoms with E-state index in [9.17, 15) is 19.8 Å². The van der Waals surface area contributed by atoms with Gasteiger partial charge in [0.05, 0.1) is 12.9 Å². The highest BCUT2D eigenvalue weighted by atomic mass is 35.5. The van der Waals surface area contributed by atoms with Gasteiger partial charge in [0.2, 0.25) is 0 Å². The van der Waals surface area contributed by atoms with E-state index < -0.39 is 11.8 Å². The van der Waals surface area contributed by atoms with Gasteiger partial charge in [-0.05, 0) is 42.7 Å². The molecule has 9 nitrogen and oxygen atoms in total. The minimum atomic E-state index is -0.621. The van der Waals surface area contributed by atoms with Crippen molar-refractivity contribution in [3.63, 3.8) is 0 Å². The number of nitrogens with zero attached hydrogens (tertiary/aromatic N) is 4. The molecule has 3 rings (SSSR count). The number of aromatic hydroxyl groups is 1. The third-order valence-corrected chi connectivity index (χ3v) is 5.31. The Morgan fingerprint density at radius 2 is 1.77 bits per heavy atom. The molecule has 10 heteroatoms. The van der Waals surface area contributed by atoms with E-state index in [4.69, 9.17) is 0 Å². The quantitative estimate of drug-likeness (QED) is 0.331. The second-order valence-corrected chi connectivity index (χ2v) is 7.50. The van der Waals surface area contributed by atoms with Crippen LogP contribution in [0.15, 0.2) is 28.0 Å². The fraction of sp³-hybridized carbons (Fsp3) is 0.450. The number of aryl methyl sites for hydroxylation is 4. The van der Waals surface area contributed by atoms with Crippen LogP contribution >= 0.6 is 0 Å². The molecule has 0 aliphatic heterocycles. The minimum Gasteiger partial charge on any atom is -1.00 e. The summed E-state index contributed by atoms with van der Waals surface area (Å²) in [5.41, 5.74) is 2.36. The summed E-state index contributed by atoms with van der Waals surface area (Å²) >= 11 is 0. The van der Waals surface area contributed by atoms with Crippen LogP contribution in [0.1, 0.15) is 29.2 Å². The molecule has 0 saturated heterocycles. The molecule has 0 aliphatic carbocycles. The molecule has 0 radical (unpaired) electrons. The number of phenolic OH excluding ortho intramolecular Hbond substituents is 1. The summed E-state index contributed by atoms with van der Waals surface area (Å²) in [4.78, 5) is 28.6. The summed E-state index contributed by atoms with van der Waals surface area (Å²) in [6.45, 7) is 5.49. The van der Waals surface area contributed by atoms with Crippen LogP contribution in [-0.2, 0) is 20.6 Å². The highest BCUT2D eigenvalue weighted by molar-refractivity contribution is 5.69. The third-order valence-electron chi connectivity index (χ3n) is 5.31. The zero-order valence-corrected chi connectivity index (χ0v) is 18.3. The number of rotatable bonds is 7. The number of hydrogen-bond donors (Lipinski definition) is 3. The Morgan fingerprint density at radius 1 is 1.13 bits per heavy atom. The van der Waals surface area contributed by atoms with Gasteiger partial charge in [-0.15, -0.1) is 0 Å². The lowest BCUT2D eigenvalue weighted by atomic mass is 10.0. The molecular formula is C20H28ClN5O4. The van der Waals surface area contributed by atoms with Crippen molar-refractivity contribution in [1.82, 2.24) is 18.7 Å². The van der Waals surface area contributed by atoms with Gasteiger partial charge >= 0.3 is 5.69 Å². The average Bonchev–Trinajstić information content (AvgIpc) is 3.12. The number of hydrogen-bond acceptors (Lipinski definition) is 5. The van der Waals surface area contributed by atoms with Gasteiger partial charge in [-0.25, -0.2) is 9.78 Å². The molecular weight excluding hydrogens is 410 g/mol. The lowest BCUT2D eigenvalue weighted by Gasteiger charge is -2.13. The van der Waals surface area contributed by atoms with Crippen molar-refractivity contribution in [1.29, 1.82) is 0 Å². The Hall–Kier alpha value is -2.62. The van der Waals surface area contributed by atoms with Crippen molar-refractivity contribution in [3.8, 4) is 5.75 Å². The third kappa shape index (κ3) is 4.43. The van der Waals surface area contributed by atoms with Gasteiger partial charge in [0.25, 0.3) is 5.56 Å². The first-order valence-electron chi connectivity index (χ1n) is 9.63. The second-order valence-electron chi connectivity index (χ2n) is 7.50. The smallest absolute Gasteiger partial charge is 0.332 e. The molecule has 0 fully saturated rings. The molecule has 2 heterocycles. The van der Waals surface area contributed by atoms with Crippen molar-refractivity contribution in [3.05, 3.63) is 56.0 Å². The standard InChI is InChI=1S/C20H27N5O4.ClH/c1-12-8-14(9-13(2)17(12)27)15(26)10-21-6-5-7-25-11-22-18-16(25)19(28)24(4)20(29)23(18)3;/h8-9,11,15,21,26-27H,5-7,10H2,1-4H3;1H. The molecule has 0 bridgehead atoms. The van der Waals surface area contributed by atoms with Crippen LogP contribution in [0.2, 0.25) is 0 Å². The highest BCUT2D eigenvalue weighted by Crippen LogP contribution is 2.25. The van der Waals surface area contributed by atoms with Crippen LogP contribution in [0.25, 0.3) is 11.2 Å². The van der Waals surface area contributed by atoms with Crippen molar-refractivity contribution < 1.29 is 27.9 Å². The fourth-order valence-electron chi connectivity index (χ4n) is 3.57. The minimum absolute atomic E-state index is 0. The fourth-order valence-corrected chi connectivity index (χ4v) is 3.57. The first-order valence-corrected chi connectivity index (χ1v) is 9.63. The molecule has 2 aromatic heterocycles. The van der Waals surface area contributed by atoms with Crippen molar-refractivity contribution in [2.45, 2.75) is 32.9 Å². The number of aliphatic hydroxyl groups is 1. The summed E-state index contributed by atoms with van der Waals surface area (Å²) in [6, 6.07) is 3.61. The van der Waals surface area contributed by atoms with E-state index >= 15 is 0 Å². The van der Waals surface area contributed by atoms with Crippen molar-refractivity contribution in [2.75, 3.05) is 13.1 Å². The van der Waals surface area contributed by atoms with Crippen LogP contribution in [-0.4, -0.2) is 42.0 Å². The molecule has 0 spiro atoms. The average molecular weight is 438 g/mol. The number of halogens is 1. The van der Waals surface area contributed by atoms with E-state index in [1.165, 1.54) is 11.6 Å². The molecule has 1 aromatic carbocycles. The Kier molecular flexibility index (Phi) is 7.46. The maximum absolute atomic E-state index is 12.4. The molecule has 4 N–H and O–H groups in total. The number of imidazole rings is 1. The van der Waals surface area contributed by atoms with E-state index in [0.717, 1.165) is 34.2 Å². The topological polar surface area (TPSA) is 119 Å². The summed E-state index contributed by atoms with van der Waals surface area (Å²) in [7, 11) is 3.06. The van der Waals surface area contributed by atoms with Crippen molar-refractivity contribution in [2.24, 2.45) is 14.1 Å². The van der Waals surface area contributed by atoms with Gasteiger partial charge < -0.3 is 32.5 Å². The predicted molar refractivity (Wildman–Crippen MR) is 109 cm³/mol. The Morgan fingerprint density at radius 3 is 2.40 bits per heavy atom. The number of benzene rings is 1. The number of fused-ring (bicyclic) bond motifs is 1. The largest absolute Gasteiger partial charge is 1.00 e. The summed E-state index contributed by atoms with van der Waals surface area (Å²) in [5.74, 6) is 0.265. The molecule has 164 valence electrons. The Labute approximate surface area is 180 Å². The van der Waals surface area contributed by atoms with Gasteiger partial charge in [0.1, 0.15) is 18.4 Å². The number of phenols is 1. The van der Waals surface area contributed by atoms with Crippen LogP contribution in [0.5, 0.6) is 5.75 Å². The van der Waals surface area contributed by atoms with Crippen LogP contribution in [0.4, 0.5) is 0 Å². The normalized spacial score (nSPS) is 12.2. The second kappa shape index (κ2) is 9.46. The van der Waals surface area contributed by atoms with Gasteiger partial charge in [-0.2, -0.15) is 0 Å². The molecule has 1 unspecified atom stereocenters. The zero-order valence-electron chi connectivity index (χ0n) is 17.6. The Balaban J connectivity index is 0.00000320. The first-order chi connectivity index (χ1) is 13.7. The zero-order chi connectivity index (χ0) is 21.3. The number of aromatic nitrogens is 4. The van der Waals surface area contributed by atoms with E-state index in [0.29, 0.717) is 24.3 Å². The van der Waals surface area contributed by atoms with Gasteiger partial charge in [0.15, 0.2) is 11.2 Å². The lowest BCUT2D eigenvalue weighted by Crippen LogP contribution is -3.00. The Bertz CT molecular complexity index is 1140. The predicted octanol–water partition coefficient (Wildman–Crippen LogP) is -3.55. The van der Waals surface area contributed by atoms with Crippen LogP contribution in [0.3, 0.4) is 0 Å². The van der Waals surface area contributed by atoms with Gasteiger partial charge in [0, 0.05) is 27.1 Å². The van der Waals surface area contributed by atoms with Crippen LogP contribution < -0.4 is 29.0 Å². The maximum atomic E-state index is 12.4. The van der Waals surface area contributed by atoms with Crippen molar-refractivity contribution >= 4 is 11.2 Å². The molecule has 1 atom stereocenters. The van der Waals surface area contributed by atoms with Gasteiger partial charge in [-0.1, -0.05) is 0 Å². The monoisotopic (exact) mass is 437 g/mol. The summed E-state index contributed by atoms with van der Waals surface area (Å²) < 4.78 is 4.23. The molecule has 30 heavy (non-hydrogen) atoms. The van der Waals surface area contributed by atoms with E-state index in [-0.39, 0.29) is 23.7 Å². The van der Waals surface area contributed by atoms with Crippen LogP contribution in [0, 0.1) is 13.8 Å². The molecule has 0 aliphatic rings. The molecule has 0 saturated carbocycles. The number of nitrogens with two attached hydrogens (primary N) is 1.